The maximum absolute atomic E-state index is 14.5. The summed E-state index contributed by atoms with van der Waals surface area (Å²) < 4.78 is 82.6. The number of aliphatic carboxylic acids is 2. The first kappa shape index (κ1) is 46.6. The molecular weight excluding hydrogens is 802 g/mol. The van der Waals surface area contributed by atoms with Crippen molar-refractivity contribution in [2.75, 3.05) is 26.2 Å². The standard InChI is InChI=1S/C38H36F6N4O2.C4H6O6/c1-3-46(4-2)19-20-47(23-25-9-11-26(12-10-25)27-13-16-29(17-14-27)38(42,43)44)36(49)24-48-34-8-6-5-7-30(34)37(50)45-35(48)18-15-28-21-32(40)33(41)22-31(28)39;5-1(3(7)8)2(6)4(9)10/h5-14,16-17,21-22H,3-4,15,18-20,23-24H2,1-2H3;1-2,5-6H,(H,7,8)(H,9,10)/t;1-,2-/m.1/s1. The molecule has 12 nitrogen and oxygen atoms in total. The number of carboxylic acid groups (broad SMARTS) is 2. The lowest BCUT2D eigenvalue weighted by Gasteiger charge is -2.28. The lowest BCUT2D eigenvalue weighted by molar-refractivity contribution is -0.165. The van der Waals surface area contributed by atoms with Gasteiger partial charge in [-0.2, -0.15) is 18.2 Å². The molecule has 0 saturated carbocycles. The van der Waals surface area contributed by atoms with Gasteiger partial charge in [0.1, 0.15) is 18.2 Å². The van der Waals surface area contributed by atoms with Gasteiger partial charge in [-0.3, -0.25) is 9.59 Å². The van der Waals surface area contributed by atoms with Crippen LogP contribution >= 0.6 is 0 Å². The van der Waals surface area contributed by atoms with E-state index < -0.39 is 58.9 Å². The quantitative estimate of drug-likeness (QED) is 0.0731. The number of carbonyl (C=O) groups is 3. The van der Waals surface area contributed by atoms with Crippen LogP contribution in [0.5, 0.6) is 0 Å². The number of halogens is 6. The number of amides is 1. The zero-order valence-corrected chi connectivity index (χ0v) is 32.4. The number of rotatable bonds is 16. The van der Waals surface area contributed by atoms with Crippen LogP contribution in [0.25, 0.3) is 22.0 Å². The molecule has 2 atom stereocenters. The van der Waals surface area contributed by atoms with E-state index in [1.165, 1.54) is 12.1 Å². The number of benzene rings is 4. The van der Waals surface area contributed by atoms with Gasteiger partial charge in [0.25, 0.3) is 5.56 Å². The van der Waals surface area contributed by atoms with Crippen molar-refractivity contribution in [1.82, 2.24) is 19.4 Å². The summed E-state index contributed by atoms with van der Waals surface area (Å²) in [6.07, 6.45) is -9.09. The van der Waals surface area contributed by atoms with Crippen LogP contribution in [0.4, 0.5) is 26.3 Å². The molecule has 18 heteroatoms. The molecule has 0 bridgehead atoms. The van der Waals surface area contributed by atoms with E-state index in [2.05, 4.69) is 9.88 Å². The maximum Gasteiger partial charge on any atom is 0.416 e. The lowest BCUT2D eigenvalue weighted by atomic mass is 10.0. The van der Waals surface area contributed by atoms with Gasteiger partial charge in [-0.15, -0.1) is 0 Å². The molecule has 320 valence electrons. The number of alkyl halides is 3. The van der Waals surface area contributed by atoms with Crippen LogP contribution in [0.1, 0.15) is 36.4 Å². The van der Waals surface area contributed by atoms with Crippen LogP contribution in [0.3, 0.4) is 0 Å². The molecule has 0 unspecified atom stereocenters. The molecule has 0 fully saturated rings. The smallest absolute Gasteiger partial charge is 0.416 e. The highest BCUT2D eigenvalue weighted by atomic mass is 19.4. The zero-order valence-electron chi connectivity index (χ0n) is 32.4. The van der Waals surface area contributed by atoms with E-state index in [0.717, 1.165) is 42.4 Å². The van der Waals surface area contributed by atoms with Crippen molar-refractivity contribution >= 4 is 28.7 Å². The van der Waals surface area contributed by atoms with Crippen LogP contribution in [0.15, 0.2) is 89.7 Å². The highest BCUT2D eigenvalue weighted by Crippen LogP contribution is 2.31. The molecule has 1 aromatic heterocycles. The summed E-state index contributed by atoms with van der Waals surface area (Å²) >= 11 is 0. The number of hydrogen-bond acceptors (Lipinski definition) is 8. The minimum Gasteiger partial charge on any atom is -0.479 e. The van der Waals surface area contributed by atoms with Crippen molar-refractivity contribution in [2.45, 2.75) is 58.2 Å². The van der Waals surface area contributed by atoms with Crippen LogP contribution in [0, 0.1) is 17.5 Å². The normalized spacial score (nSPS) is 12.4. The summed E-state index contributed by atoms with van der Waals surface area (Å²) in [4.78, 5) is 54.7. The molecule has 0 aliphatic heterocycles. The van der Waals surface area contributed by atoms with Crippen LogP contribution in [-0.2, 0) is 46.5 Å². The number of aryl methyl sites for hydroxylation is 2. The number of fused-ring (bicyclic) bond motifs is 1. The Hall–Kier alpha value is -6.11. The van der Waals surface area contributed by atoms with Gasteiger partial charge >= 0.3 is 18.1 Å². The molecule has 60 heavy (non-hydrogen) atoms. The largest absolute Gasteiger partial charge is 0.479 e. The SMILES string of the molecule is CCN(CC)CCN(Cc1ccc(-c2ccc(C(F)(F)F)cc2)cc1)C(=O)Cn1c(CCc2cc(F)c(F)cc2F)nc(=O)c2ccccc21.O=C(O)[C@H](O)[C@@H](O)C(=O)O. The Morgan fingerprint density at radius 3 is 1.85 bits per heavy atom. The molecule has 0 aliphatic rings. The maximum atomic E-state index is 14.5. The lowest BCUT2D eigenvalue weighted by Crippen LogP contribution is -2.40. The molecule has 0 saturated heterocycles. The van der Waals surface area contributed by atoms with Crippen molar-refractivity contribution in [1.29, 1.82) is 0 Å². The summed E-state index contributed by atoms with van der Waals surface area (Å²) in [5.74, 6) is -7.06. The van der Waals surface area contributed by atoms with E-state index in [0.29, 0.717) is 30.2 Å². The molecule has 0 radical (unpaired) electrons. The minimum atomic E-state index is -4.43. The molecule has 1 amide bonds. The topological polar surface area (TPSA) is 174 Å². The number of hydrogen-bond donors (Lipinski definition) is 4. The fourth-order valence-electron chi connectivity index (χ4n) is 6.11. The average molecular weight is 845 g/mol. The summed E-state index contributed by atoms with van der Waals surface area (Å²) in [7, 11) is 0. The number of nitrogens with zero attached hydrogens (tertiary/aromatic N) is 4. The third-order valence-electron chi connectivity index (χ3n) is 9.58. The summed E-state index contributed by atoms with van der Waals surface area (Å²) in [6.45, 7) is 6.60. The van der Waals surface area contributed by atoms with Crippen LogP contribution < -0.4 is 5.56 Å². The number of carbonyl (C=O) groups excluding carboxylic acids is 1. The van der Waals surface area contributed by atoms with Gasteiger partial charge in [0.05, 0.1) is 16.5 Å². The minimum absolute atomic E-state index is 0.0276. The third-order valence-corrected chi connectivity index (χ3v) is 9.58. The predicted molar refractivity (Wildman–Crippen MR) is 207 cm³/mol. The van der Waals surface area contributed by atoms with Crippen LogP contribution in [0.2, 0.25) is 0 Å². The summed E-state index contributed by atoms with van der Waals surface area (Å²) in [5, 5.41) is 32.8. The van der Waals surface area contributed by atoms with Gasteiger partial charge < -0.3 is 34.8 Å². The van der Waals surface area contributed by atoms with E-state index in [-0.39, 0.29) is 48.6 Å². The van der Waals surface area contributed by atoms with Crippen molar-refractivity contribution in [3.8, 4) is 11.1 Å². The van der Waals surface area contributed by atoms with Gasteiger partial charge in [0.2, 0.25) is 5.91 Å². The van der Waals surface area contributed by atoms with Crippen molar-refractivity contribution in [2.24, 2.45) is 0 Å². The molecule has 4 aromatic carbocycles. The molecule has 4 N–H and O–H groups in total. The fraction of sp³-hybridized carbons (Fsp3) is 0.310. The number of aromatic nitrogens is 2. The van der Waals surface area contributed by atoms with Gasteiger partial charge in [0, 0.05) is 32.1 Å². The molecule has 1 heterocycles. The number of aliphatic hydroxyl groups is 2. The zero-order chi connectivity index (χ0) is 44.3. The van der Waals surface area contributed by atoms with E-state index in [1.807, 2.05) is 26.0 Å². The molecule has 0 spiro atoms. The molecule has 5 rings (SSSR count). The van der Waals surface area contributed by atoms with Crippen LogP contribution in [-0.4, -0.2) is 96.0 Å². The van der Waals surface area contributed by atoms with Gasteiger partial charge in [0.15, 0.2) is 23.8 Å². The van der Waals surface area contributed by atoms with Crippen molar-refractivity contribution in [3.05, 3.63) is 135 Å². The highest BCUT2D eigenvalue weighted by Gasteiger charge is 2.30. The number of likely N-dealkylation sites (N-methyl/N-ethyl adjacent to an activating group) is 1. The average Bonchev–Trinajstić information content (AvgIpc) is 3.22. The first-order valence-corrected chi connectivity index (χ1v) is 18.5. The Bertz CT molecular complexity index is 2320. The predicted octanol–water partition coefficient (Wildman–Crippen LogP) is 5.53. The first-order chi connectivity index (χ1) is 28.3. The summed E-state index contributed by atoms with van der Waals surface area (Å²) in [6, 6.07) is 20.1. The molecular formula is C42H42F6N4O8. The van der Waals surface area contributed by atoms with E-state index in [1.54, 1.807) is 45.9 Å². The second-order valence-electron chi connectivity index (χ2n) is 13.5. The Balaban J connectivity index is 0.000000703. The number of aliphatic hydroxyl groups excluding tert-OH is 2. The second kappa shape index (κ2) is 20.7. The monoisotopic (exact) mass is 844 g/mol. The van der Waals surface area contributed by atoms with Gasteiger partial charge in [-0.25, -0.2) is 22.8 Å². The third kappa shape index (κ3) is 12.2. The molecule has 0 aliphatic carbocycles. The Labute approximate surface area is 339 Å². The van der Waals surface area contributed by atoms with Gasteiger partial charge in [-0.1, -0.05) is 62.4 Å². The van der Waals surface area contributed by atoms with E-state index in [9.17, 15) is 45.5 Å². The summed E-state index contributed by atoms with van der Waals surface area (Å²) in [5.41, 5.74) is 1.23. The second-order valence-corrected chi connectivity index (χ2v) is 13.5. The number of carboxylic acids is 2. The highest BCUT2D eigenvalue weighted by molar-refractivity contribution is 5.83. The fourth-order valence-corrected chi connectivity index (χ4v) is 6.11. The van der Waals surface area contributed by atoms with Crippen molar-refractivity contribution in [3.63, 3.8) is 0 Å². The first-order valence-electron chi connectivity index (χ1n) is 18.5. The van der Waals surface area contributed by atoms with E-state index in [4.69, 9.17) is 20.4 Å². The Morgan fingerprint density at radius 1 is 0.750 bits per heavy atom. The van der Waals surface area contributed by atoms with Gasteiger partial charge in [-0.05, 0) is 72.1 Å². The Morgan fingerprint density at radius 2 is 1.30 bits per heavy atom. The van der Waals surface area contributed by atoms with Crippen molar-refractivity contribution < 1.29 is 61.2 Å². The number of para-hydroxylation sites is 1. The molecule has 5 aromatic rings. The van der Waals surface area contributed by atoms with E-state index >= 15 is 0 Å². The Kier molecular flexibility index (Phi) is 16.1.